The molecule has 1 aromatic carbocycles. The fraction of sp³-hybridized carbons (Fsp3) is 0.333. The van der Waals surface area contributed by atoms with Crippen LogP contribution in [0.15, 0.2) is 47.8 Å². The molecular formula is C18H21NO4. The summed E-state index contributed by atoms with van der Waals surface area (Å²) in [7, 11) is 0. The second-order valence-corrected chi connectivity index (χ2v) is 5.15. The molecule has 0 unspecified atom stereocenters. The predicted molar refractivity (Wildman–Crippen MR) is 86.5 cm³/mol. The van der Waals surface area contributed by atoms with Crippen LogP contribution in [0.2, 0.25) is 0 Å². The van der Waals surface area contributed by atoms with Crippen LogP contribution in [0.3, 0.4) is 0 Å². The van der Waals surface area contributed by atoms with Gasteiger partial charge < -0.3 is 14.8 Å². The van der Waals surface area contributed by atoms with E-state index >= 15 is 0 Å². The molecule has 23 heavy (non-hydrogen) atoms. The summed E-state index contributed by atoms with van der Waals surface area (Å²) < 4.78 is 10.2. The Labute approximate surface area is 136 Å². The Bertz CT molecular complexity index is 609. The van der Waals surface area contributed by atoms with Crippen LogP contribution in [-0.4, -0.2) is 25.2 Å². The van der Waals surface area contributed by atoms with Crippen LogP contribution in [-0.2, 0) is 19.1 Å². The average Bonchev–Trinajstić information content (AvgIpc) is 2.55. The molecule has 0 bridgehead atoms. The molecule has 0 aromatic heterocycles. The van der Waals surface area contributed by atoms with Crippen molar-refractivity contribution < 1.29 is 19.1 Å². The van der Waals surface area contributed by atoms with Crippen molar-refractivity contribution in [2.24, 2.45) is 0 Å². The van der Waals surface area contributed by atoms with Crippen molar-refractivity contribution in [2.45, 2.75) is 26.7 Å². The minimum Gasteiger partial charge on any atom is -0.463 e. The van der Waals surface area contributed by atoms with Gasteiger partial charge in [0.15, 0.2) is 0 Å². The molecule has 0 fully saturated rings. The molecule has 2 rings (SSSR count). The monoisotopic (exact) mass is 315 g/mol. The number of hydrogen-bond donors (Lipinski definition) is 1. The number of rotatable bonds is 5. The van der Waals surface area contributed by atoms with E-state index in [0.717, 1.165) is 11.1 Å². The van der Waals surface area contributed by atoms with Crippen LogP contribution >= 0.6 is 0 Å². The van der Waals surface area contributed by atoms with Gasteiger partial charge in [-0.15, -0.1) is 0 Å². The maximum atomic E-state index is 12.3. The number of hydrogen-bond acceptors (Lipinski definition) is 5. The summed E-state index contributed by atoms with van der Waals surface area (Å²) in [4.78, 5) is 24.5. The molecule has 0 aliphatic carbocycles. The lowest BCUT2D eigenvalue weighted by Crippen LogP contribution is -2.27. The SMILES string of the molecule is CCOC(=O)C1=CNC=C(C(=O)OCC)C1c1ccc(C)cc1. The van der Waals surface area contributed by atoms with Crippen molar-refractivity contribution in [3.05, 3.63) is 58.9 Å². The van der Waals surface area contributed by atoms with Crippen molar-refractivity contribution in [3.63, 3.8) is 0 Å². The van der Waals surface area contributed by atoms with Gasteiger partial charge in [-0.2, -0.15) is 0 Å². The summed E-state index contributed by atoms with van der Waals surface area (Å²) in [6.45, 7) is 6.02. The van der Waals surface area contributed by atoms with Gasteiger partial charge in [-0.3, -0.25) is 0 Å². The Morgan fingerprint density at radius 3 is 1.87 bits per heavy atom. The summed E-state index contributed by atoms with van der Waals surface area (Å²) >= 11 is 0. The largest absolute Gasteiger partial charge is 0.463 e. The molecule has 1 aliphatic heterocycles. The van der Waals surface area contributed by atoms with Crippen molar-refractivity contribution in [1.29, 1.82) is 0 Å². The fourth-order valence-electron chi connectivity index (χ4n) is 2.46. The molecule has 0 radical (unpaired) electrons. The lowest BCUT2D eigenvalue weighted by molar-refractivity contribution is -0.139. The van der Waals surface area contributed by atoms with Crippen molar-refractivity contribution in [1.82, 2.24) is 5.32 Å². The maximum absolute atomic E-state index is 12.3. The van der Waals surface area contributed by atoms with Gasteiger partial charge >= 0.3 is 11.9 Å². The van der Waals surface area contributed by atoms with E-state index in [1.54, 1.807) is 26.2 Å². The molecule has 5 nitrogen and oxygen atoms in total. The van der Waals surface area contributed by atoms with E-state index in [0.29, 0.717) is 11.1 Å². The first-order valence-corrected chi connectivity index (χ1v) is 7.65. The Kier molecular flexibility index (Phi) is 5.57. The maximum Gasteiger partial charge on any atom is 0.336 e. The number of ether oxygens (including phenoxy) is 2. The van der Waals surface area contributed by atoms with E-state index in [1.807, 2.05) is 31.2 Å². The molecule has 1 aliphatic rings. The van der Waals surface area contributed by atoms with Gasteiger partial charge in [-0.25, -0.2) is 9.59 Å². The van der Waals surface area contributed by atoms with E-state index in [-0.39, 0.29) is 13.2 Å². The van der Waals surface area contributed by atoms with Crippen molar-refractivity contribution >= 4 is 11.9 Å². The highest BCUT2D eigenvalue weighted by Crippen LogP contribution is 2.35. The Balaban J connectivity index is 2.43. The number of nitrogens with one attached hydrogen (secondary N) is 1. The molecule has 0 spiro atoms. The first kappa shape index (κ1) is 16.8. The van der Waals surface area contributed by atoms with Gasteiger partial charge in [0, 0.05) is 12.4 Å². The third-order valence-corrected chi connectivity index (χ3v) is 3.53. The summed E-state index contributed by atoms with van der Waals surface area (Å²) in [5, 5.41) is 2.85. The zero-order chi connectivity index (χ0) is 16.8. The topological polar surface area (TPSA) is 64.6 Å². The Morgan fingerprint density at radius 2 is 1.43 bits per heavy atom. The molecule has 1 aromatic rings. The summed E-state index contributed by atoms with van der Waals surface area (Å²) in [5.74, 6) is -1.39. The van der Waals surface area contributed by atoms with Crippen LogP contribution in [0.1, 0.15) is 30.9 Å². The number of carbonyl (C=O) groups excluding carboxylic acids is 2. The lowest BCUT2D eigenvalue weighted by atomic mass is 9.83. The summed E-state index contributed by atoms with van der Waals surface area (Å²) in [5.41, 5.74) is 2.73. The molecule has 0 atom stereocenters. The van der Waals surface area contributed by atoms with Gasteiger partial charge in [0.1, 0.15) is 0 Å². The highest BCUT2D eigenvalue weighted by molar-refractivity contribution is 5.98. The second-order valence-electron chi connectivity index (χ2n) is 5.15. The van der Waals surface area contributed by atoms with Crippen LogP contribution in [0, 0.1) is 6.92 Å². The first-order chi connectivity index (χ1) is 11.1. The van der Waals surface area contributed by atoms with Crippen molar-refractivity contribution in [2.75, 3.05) is 13.2 Å². The fourth-order valence-corrected chi connectivity index (χ4v) is 2.46. The molecule has 1 N–H and O–H groups in total. The number of dihydropyridines is 1. The van der Waals surface area contributed by atoms with Crippen LogP contribution in [0.4, 0.5) is 0 Å². The Morgan fingerprint density at radius 1 is 0.957 bits per heavy atom. The van der Waals surface area contributed by atoms with Gasteiger partial charge in [0.05, 0.1) is 30.3 Å². The van der Waals surface area contributed by atoms with E-state index in [1.165, 1.54) is 0 Å². The molecular weight excluding hydrogens is 294 g/mol. The zero-order valence-corrected chi connectivity index (χ0v) is 13.6. The third-order valence-electron chi connectivity index (χ3n) is 3.53. The number of carbonyl (C=O) groups is 2. The molecule has 0 amide bonds. The average molecular weight is 315 g/mol. The predicted octanol–water partition coefficient (Wildman–Crippen LogP) is 2.58. The molecule has 0 saturated heterocycles. The zero-order valence-electron chi connectivity index (χ0n) is 13.6. The molecule has 0 saturated carbocycles. The van der Waals surface area contributed by atoms with E-state index in [9.17, 15) is 9.59 Å². The molecule has 122 valence electrons. The highest BCUT2D eigenvalue weighted by Gasteiger charge is 2.33. The minimum absolute atomic E-state index is 0.273. The van der Waals surface area contributed by atoms with Gasteiger partial charge in [-0.05, 0) is 26.3 Å². The number of esters is 2. The van der Waals surface area contributed by atoms with Crippen LogP contribution < -0.4 is 5.32 Å². The Hall–Kier alpha value is -2.56. The first-order valence-electron chi connectivity index (χ1n) is 7.65. The van der Waals surface area contributed by atoms with Crippen LogP contribution in [0.25, 0.3) is 0 Å². The minimum atomic E-state index is -0.505. The van der Waals surface area contributed by atoms with E-state index < -0.39 is 17.9 Å². The van der Waals surface area contributed by atoms with Gasteiger partial charge in [0.25, 0.3) is 0 Å². The van der Waals surface area contributed by atoms with E-state index in [2.05, 4.69) is 5.32 Å². The molecule has 5 heteroatoms. The summed E-state index contributed by atoms with van der Waals surface area (Å²) in [6, 6.07) is 7.71. The smallest absolute Gasteiger partial charge is 0.336 e. The number of benzene rings is 1. The van der Waals surface area contributed by atoms with Crippen LogP contribution in [0.5, 0.6) is 0 Å². The lowest BCUT2D eigenvalue weighted by Gasteiger charge is -2.25. The van der Waals surface area contributed by atoms with Gasteiger partial charge in [-0.1, -0.05) is 29.8 Å². The van der Waals surface area contributed by atoms with Crippen molar-refractivity contribution in [3.8, 4) is 0 Å². The normalized spacial score (nSPS) is 14.4. The molecule has 1 heterocycles. The second kappa shape index (κ2) is 7.63. The van der Waals surface area contributed by atoms with E-state index in [4.69, 9.17) is 9.47 Å². The standard InChI is InChI=1S/C18H21NO4/c1-4-22-17(20)14-10-19-11-15(18(21)23-5-2)16(14)13-8-6-12(3)7-9-13/h6-11,16,19H,4-5H2,1-3H3. The quantitative estimate of drug-likeness (QED) is 0.846. The summed E-state index contributed by atoms with van der Waals surface area (Å²) in [6.07, 6.45) is 3.15. The highest BCUT2D eigenvalue weighted by atomic mass is 16.5. The number of aryl methyl sites for hydroxylation is 1. The third kappa shape index (κ3) is 3.80. The van der Waals surface area contributed by atoms with Gasteiger partial charge in [0.2, 0.25) is 0 Å².